The Morgan fingerprint density at radius 3 is 2.84 bits per heavy atom. The fourth-order valence-corrected chi connectivity index (χ4v) is 2.71. The summed E-state index contributed by atoms with van der Waals surface area (Å²) in [6.45, 7) is 1.68. The van der Waals surface area contributed by atoms with Gasteiger partial charge in [0, 0.05) is 24.9 Å². The molecule has 1 aliphatic carbocycles. The lowest BCUT2D eigenvalue weighted by Gasteiger charge is -2.36. The number of anilines is 1. The molecule has 0 radical (unpaired) electrons. The molecule has 0 atom stereocenters. The topological polar surface area (TPSA) is 82.5 Å². The third-order valence-electron chi connectivity index (χ3n) is 3.12. The molecule has 0 aromatic carbocycles. The van der Waals surface area contributed by atoms with Gasteiger partial charge in [0.25, 0.3) is 5.91 Å². The lowest BCUT2D eigenvalue weighted by molar-refractivity contribution is -0.114. The molecule has 2 amide bonds. The number of amides is 2. The average Bonchev–Trinajstić information content (AvgIpc) is 2.72. The van der Waals surface area contributed by atoms with Crippen LogP contribution in [0.2, 0.25) is 0 Å². The minimum atomic E-state index is -0.209. The number of hydrogen-bond acceptors (Lipinski definition) is 5. The maximum atomic E-state index is 12.3. The van der Waals surface area contributed by atoms with E-state index in [0.717, 1.165) is 19.3 Å². The van der Waals surface area contributed by atoms with Gasteiger partial charge in [0.15, 0.2) is 5.13 Å². The summed E-state index contributed by atoms with van der Waals surface area (Å²) in [5, 5.41) is 13.7. The fraction of sp³-hybridized carbons (Fsp3) is 0.583. The molecular weight excluding hydrogens is 266 g/mol. The summed E-state index contributed by atoms with van der Waals surface area (Å²) in [5.41, 5.74) is 0.328. The van der Waals surface area contributed by atoms with Crippen LogP contribution in [0.25, 0.3) is 0 Å². The SMILES string of the molecule is CC(=O)Nc1nc(C(=O)N(CCO)C2CCC2)cs1. The molecule has 1 saturated carbocycles. The zero-order valence-electron chi connectivity index (χ0n) is 10.8. The van der Waals surface area contributed by atoms with Crippen LogP contribution >= 0.6 is 11.3 Å². The van der Waals surface area contributed by atoms with Gasteiger partial charge in [0.05, 0.1) is 6.61 Å². The normalized spacial score (nSPS) is 14.8. The first-order valence-corrected chi connectivity index (χ1v) is 7.14. The number of nitrogens with one attached hydrogen (secondary N) is 1. The third kappa shape index (κ3) is 3.30. The summed E-state index contributed by atoms with van der Waals surface area (Å²) in [6.07, 6.45) is 3.08. The van der Waals surface area contributed by atoms with Crippen LogP contribution in [-0.2, 0) is 4.79 Å². The minimum absolute atomic E-state index is 0.0507. The summed E-state index contributed by atoms with van der Waals surface area (Å²) < 4.78 is 0. The van der Waals surface area contributed by atoms with Crippen molar-refractivity contribution < 1.29 is 14.7 Å². The molecule has 0 aliphatic heterocycles. The van der Waals surface area contributed by atoms with E-state index in [2.05, 4.69) is 10.3 Å². The molecule has 0 spiro atoms. The number of carbonyl (C=O) groups is 2. The quantitative estimate of drug-likeness (QED) is 0.847. The van der Waals surface area contributed by atoms with Crippen molar-refractivity contribution in [2.45, 2.75) is 32.2 Å². The Kier molecular flexibility index (Phi) is 4.49. The van der Waals surface area contributed by atoms with Crippen LogP contribution in [0.5, 0.6) is 0 Å². The van der Waals surface area contributed by atoms with E-state index in [-0.39, 0.29) is 24.5 Å². The van der Waals surface area contributed by atoms with E-state index in [1.165, 1.54) is 18.3 Å². The van der Waals surface area contributed by atoms with E-state index in [9.17, 15) is 9.59 Å². The minimum Gasteiger partial charge on any atom is -0.395 e. The Labute approximate surface area is 115 Å². The molecule has 104 valence electrons. The van der Waals surface area contributed by atoms with E-state index in [1.54, 1.807) is 10.3 Å². The number of aliphatic hydroxyl groups excluding tert-OH is 1. The summed E-state index contributed by atoms with van der Waals surface area (Å²) >= 11 is 1.23. The molecule has 0 unspecified atom stereocenters. The Balaban J connectivity index is 2.07. The van der Waals surface area contributed by atoms with Crippen LogP contribution in [0.1, 0.15) is 36.7 Å². The van der Waals surface area contributed by atoms with Crippen LogP contribution in [0, 0.1) is 0 Å². The van der Waals surface area contributed by atoms with Crippen LogP contribution in [-0.4, -0.2) is 46.0 Å². The van der Waals surface area contributed by atoms with E-state index in [4.69, 9.17) is 5.11 Å². The van der Waals surface area contributed by atoms with Crippen molar-refractivity contribution in [2.75, 3.05) is 18.5 Å². The van der Waals surface area contributed by atoms with Gasteiger partial charge in [-0.1, -0.05) is 0 Å². The summed E-state index contributed by atoms with van der Waals surface area (Å²) in [6, 6.07) is 0.213. The van der Waals surface area contributed by atoms with E-state index in [0.29, 0.717) is 17.4 Å². The molecular formula is C12H17N3O3S. The van der Waals surface area contributed by atoms with E-state index in [1.807, 2.05) is 0 Å². The highest BCUT2D eigenvalue weighted by atomic mass is 32.1. The maximum Gasteiger partial charge on any atom is 0.273 e. The second kappa shape index (κ2) is 6.12. The predicted octanol–water partition coefficient (Wildman–Crippen LogP) is 1.09. The van der Waals surface area contributed by atoms with Crippen molar-refractivity contribution in [1.29, 1.82) is 0 Å². The standard InChI is InChI=1S/C12H17N3O3S/c1-8(17)13-12-14-10(7-19-12)11(18)15(5-6-16)9-3-2-4-9/h7,9,16H,2-6H2,1H3,(H,13,14,17). The van der Waals surface area contributed by atoms with Gasteiger partial charge in [-0.2, -0.15) is 0 Å². The lowest BCUT2D eigenvalue weighted by atomic mass is 9.91. The Bertz CT molecular complexity index is 471. The van der Waals surface area contributed by atoms with Crippen LogP contribution in [0.4, 0.5) is 5.13 Å². The molecule has 6 nitrogen and oxygen atoms in total. The van der Waals surface area contributed by atoms with Gasteiger partial charge in [-0.15, -0.1) is 11.3 Å². The van der Waals surface area contributed by atoms with Crippen molar-refractivity contribution in [3.63, 3.8) is 0 Å². The molecule has 1 aliphatic rings. The molecule has 0 saturated heterocycles. The monoisotopic (exact) mass is 283 g/mol. The van der Waals surface area contributed by atoms with Crippen molar-refractivity contribution in [2.24, 2.45) is 0 Å². The first-order valence-electron chi connectivity index (χ1n) is 6.26. The van der Waals surface area contributed by atoms with Crippen molar-refractivity contribution in [3.8, 4) is 0 Å². The Morgan fingerprint density at radius 1 is 1.58 bits per heavy atom. The number of aromatic nitrogens is 1. The molecule has 7 heteroatoms. The smallest absolute Gasteiger partial charge is 0.273 e. The zero-order chi connectivity index (χ0) is 13.8. The maximum absolute atomic E-state index is 12.3. The third-order valence-corrected chi connectivity index (χ3v) is 3.88. The molecule has 19 heavy (non-hydrogen) atoms. The van der Waals surface area contributed by atoms with Gasteiger partial charge in [0.1, 0.15) is 5.69 Å². The summed E-state index contributed by atoms with van der Waals surface area (Å²) in [4.78, 5) is 29.0. The van der Waals surface area contributed by atoms with Gasteiger partial charge >= 0.3 is 0 Å². The van der Waals surface area contributed by atoms with Gasteiger partial charge in [-0.05, 0) is 19.3 Å². The molecule has 0 bridgehead atoms. The molecule has 1 aromatic rings. The van der Waals surface area contributed by atoms with Gasteiger partial charge < -0.3 is 15.3 Å². The van der Waals surface area contributed by atoms with Gasteiger partial charge in [-0.25, -0.2) is 4.98 Å². The fourth-order valence-electron chi connectivity index (χ4n) is 1.98. The predicted molar refractivity (Wildman–Crippen MR) is 72.2 cm³/mol. The van der Waals surface area contributed by atoms with Crippen LogP contribution < -0.4 is 5.32 Å². The second-order valence-corrected chi connectivity index (χ2v) is 5.38. The highest BCUT2D eigenvalue weighted by Gasteiger charge is 2.30. The summed E-state index contributed by atoms with van der Waals surface area (Å²) in [5.74, 6) is -0.383. The molecule has 2 N–H and O–H groups in total. The van der Waals surface area contributed by atoms with Gasteiger partial charge in [0.2, 0.25) is 5.91 Å². The zero-order valence-corrected chi connectivity index (χ0v) is 11.6. The molecule has 1 fully saturated rings. The average molecular weight is 283 g/mol. The van der Waals surface area contributed by atoms with E-state index < -0.39 is 0 Å². The summed E-state index contributed by atoms with van der Waals surface area (Å²) in [7, 11) is 0. The number of hydrogen-bond donors (Lipinski definition) is 2. The number of rotatable bonds is 5. The van der Waals surface area contributed by atoms with E-state index >= 15 is 0 Å². The highest BCUT2D eigenvalue weighted by Crippen LogP contribution is 2.26. The molecule has 1 aromatic heterocycles. The van der Waals surface area contributed by atoms with Crippen molar-refractivity contribution >= 4 is 28.3 Å². The number of nitrogens with zero attached hydrogens (tertiary/aromatic N) is 2. The number of thiazole rings is 1. The number of carbonyl (C=O) groups excluding carboxylic acids is 2. The first-order chi connectivity index (χ1) is 9.11. The van der Waals surface area contributed by atoms with Crippen LogP contribution in [0.15, 0.2) is 5.38 Å². The lowest BCUT2D eigenvalue weighted by Crippen LogP contribution is -2.45. The van der Waals surface area contributed by atoms with Crippen molar-refractivity contribution in [3.05, 3.63) is 11.1 Å². The molecule has 1 heterocycles. The number of aliphatic hydroxyl groups is 1. The van der Waals surface area contributed by atoms with Crippen LogP contribution in [0.3, 0.4) is 0 Å². The van der Waals surface area contributed by atoms with Gasteiger partial charge in [-0.3, -0.25) is 9.59 Å². The van der Waals surface area contributed by atoms with Crippen molar-refractivity contribution in [1.82, 2.24) is 9.88 Å². The Morgan fingerprint density at radius 2 is 2.32 bits per heavy atom. The first kappa shape index (κ1) is 14.0. The molecule has 2 rings (SSSR count). The highest BCUT2D eigenvalue weighted by molar-refractivity contribution is 7.14. The second-order valence-electron chi connectivity index (χ2n) is 4.53. The Hall–Kier alpha value is -1.47. The largest absolute Gasteiger partial charge is 0.395 e.